The molecule has 1 unspecified atom stereocenters. The third-order valence-corrected chi connectivity index (χ3v) is 4.21. The van der Waals surface area contributed by atoms with E-state index < -0.39 is 15.8 Å². The Morgan fingerprint density at radius 1 is 1.32 bits per heavy atom. The van der Waals surface area contributed by atoms with Crippen LogP contribution in [0.2, 0.25) is 0 Å². The molecule has 0 aliphatic carbocycles. The molecule has 0 aliphatic heterocycles. The molecule has 0 fully saturated rings. The molecule has 0 amide bonds. The average Bonchev–Trinajstić information content (AvgIpc) is 2.34. The molecular formula is C13H19NO4S. The van der Waals surface area contributed by atoms with Gasteiger partial charge in [0.1, 0.15) is 0 Å². The van der Waals surface area contributed by atoms with E-state index in [2.05, 4.69) is 0 Å². The summed E-state index contributed by atoms with van der Waals surface area (Å²) in [5, 5.41) is 8.84. The molecule has 106 valence electrons. The average molecular weight is 285 g/mol. The molecule has 1 rings (SSSR count). The van der Waals surface area contributed by atoms with E-state index in [4.69, 9.17) is 5.11 Å². The number of nitrogens with zero attached hydrogens (tertiary/aromatic N) is 1. The second-order valence-electron chi connectivity index (χ2n) is 4.47. The Labute approximate surface area is 113 Å². The van der Waals surface area contributed by atoms with Gasteiger partial charge in [-0.05, 0) is 31.2 Å². The van der Waals surface area contributed by atoms with E-state index in [1.165, 1.54) is 0 Å². The summed E-state index contributed by atoms with van der Waals surface area (Å²) in [6.07, 6.45) is 1.16. The Morgan fingerprint density at radius 2 is 1.84 bits per heavy atom. The van der Waals surface area contributed by atoms with E-state index in [0.29, 0.717) is 6.54 Å². The van der Waals surface area contributed by atoms with Gasteiger partial charge in [0, 0.05) is 12.3 Å². The maximum atomic E-state index is 11.4. The predicted molar refractivity (Wildman–Crippen MR) is 72.8 cm³/mol. The van der Waals surface area contributed by atoms with Gasteiger partial charge in [-0.1, -0.05) is 19.1 Å². The van der Waals surface area contributed by atoms with Crippen LogP contribution < -0.4 is 0 Å². The quantitative estimate of drug-likeness (QED) is 0.858. The van der Waals surface area contributed by atoms with E-state index in [0.717, 1.165) is 11.8 Å². The summed E-state index contributed by atoms with van der Waals surface area (Å²) in [6.45, 7) is 4.37. The molecule has 6 heteroatoms. The van der Waals surface area contributed by atoms with Crippen LogP contribution in [-0.2, 0) is 14.6 Å². The van der Waals surface area contributed by atoms with Crippen molar-refractivity contribution >= 4 is 15.8 Å². The molecule has 1 N–H and O–H groups in total. The minimum absolute atomic E-state index is 0.0362. The van der Waals surface area contributed by atoms with E-state index >= 15 is 0 Å². The first-order valence-electron chi connectivity index (χ1n) is 6.01. The predicted octanol–water partition coefficient (Wildman–Crippen LogP) is 1.56. The van der Waals surface area contributed by atoms with E-state index in [9.17, 15) is 13.2 Å². The van der Waals surface area contributed by atoms with Crippen LogP contribution in [0, 0.1) is 0 Å². The highest BCUT2D eigenvalue weighted by atomic mass is 32.2. The fourth-order valence-corrected chi connectivity index (χ4v) is 2.53. The van der Waals surface area contributed by atoms with Gasteiger partial charge in [-0.15, -0.1) is 0 Å². The van der Waals surface area contributed by atoms with Crippen molar-refractivity contribution in [2.75, 3.05) is 19.3 Å². The number of hydrogen-bond acceptors (Lipinski definition) is 4. The lowest BCUT2D eigenvalue weighted by molar-refractivity contribution is -0.138. The largest absolute Gasteiger partial charge is 0.480 e. The summed E-state index contributed by atoms with van der Waals surface area (Å²) < 4.78 is 22.7. The molecule has 0 radical (unpaired) electrons. The van der Waals surface area contributed by atoms with Gasteiger partial charge in [-0.25, -0.2) is 8.42 Å². The monoisotopic (exact) mass is 285 g/mol. The van der Waals surface area contributed by atoms with Gasteiger partial charge >= 0.3 is 5.97 Å². The van der Waals surface area contributed by atoms with Crippen molar-refractivity contribution in [3.63, 3.8) is 0 Å². The SMILES string of the molecule is CCN(CC(=O)O)C(C)c1ccc(S(C)(=O)=O)cc1. The minimum Gasteiger partial charge on any atom is -0.480 e. The molecule has 0 saturated heterocycles. The minimum atomic E-state index is -3.20. The lowest BCUT2D eigenvalue weighted by Crippen LogP contribution is -2.32. The molecule has 1 aromatic rings. The fourth-order valence-electron chi connectivity index (χ4n) is 1.90. The highest BCUT2D eigenvalue weighted by molar-refractivity contribution is 7.90. The summed E-state index contributed by atoms with van der Waals surface area (Å²) in [5.74, 6) is -0.874. The molecule has 0 aromatic heterocycles. The number of hydrogen-bond donors (Lipinski definition) is 1. The van der Waals surface area contributed by atoms with Gasteiger partial charge < -0.3 is 5.11 Å². The maximum absolute atomic E-state index is 11.4. The molecule has 5 nitrogen and oxygen atoms in total. The lowest BCUT2D eigenvalue weighted by Gasteiger charge is -2.26. The Balaban J connectivity index is 2.93. The van der Waals surface area contributed by atoms with Crippen LogP contribution in [0.1, 0.15) is 25.5 Å². The van der Waals surface area contributed by atoms with Gasteiger partial charge in [0.05, 0.1) is 11.4 Å². The molecule has 0 spiro atoms. The van der Waals surface area contributed by atoms with Crippen molar-refractivity contribution < 1.29 is 18.3 Å². The first-order valence-corrected chi connectivity index (χ1v) is 7.90. The second kappa shape index (κ2) is 6.16. The van der Waals surface area contributed by atoms with E-state index in [1.54, 1.807) is 29.2 Å². The molecule has 0 heterocycles. The number of carboxylic acid groups (broad SMARTS) is 1. The van der Waals surface area contributed by atoms with Crippen molar-refractivity contribution in [1.82, 2.24) is 4.90 Å². The van der Waals surface area contributed by atoms with Crippen LogP contribution in [0.15, 0.2) is 29.2 Å². The summed E-state index contributed by atoms with van der Waals surface area (Å²) >= 11 is 0. The number of benzene rings is 1. The van der Waals surface area contributed by atoms with E-state index in [-0.39, 0.29) is 17.5 Å². The van der Waals surface area contributed by atoms with Crippen LogP contribution in [0.25, 0.3) is 0 Å². The van der Waals surface area contributed by atoms with Crippen molar-refractivity contribution in [3.05, 3.63) is 29.8 Å². The highest BCUT2D eigenvalue weighted by Crippen LogP contribution is 2.21. The van der Waals surface area contributed by atoms with Crippen molar-refractivity contribution in [2.45, 2.75) is 24.8 Å². The fraction of sp³-hybridized carbons (Fsp3) is 0.462. The normalized spacial score (nSPS) is 13.5. The molecule has 0 aliphatic rings. The molecule has 0 bridgehead atoms. The lowest BCUT2D eigenvalue weighted by atomic mass is 10.1. The highest BCUT2D eigenvalue weighted by Gasteiger charge is 2.17. The zero-order valence-corrected chi connectivity index (χ0v) is 12.1. The van der Waals surface area contributed by atoms with Gasteiger partial charge in [0.15, 0.2) is 9.84 Å². The van der Waals surface area contributed by atoms with Crippen LogP contribution in [0.4, 0.5) is 0 Å². The van der Waals surface area contributed by atoms with Crippen molar-refractivity contribution in [3.8, 4) is 0 Å². The summed E-state index contributed by atoms with van der Waals surface area (Å²) in [5.41, 5.74) is 0.899. The van der Waals surface area contributed by atoms with Gasteiger partial charge in [0.25, 0.3) is 0 Å². The topological polar surface area (TPSA) is 74.7 Å². The third-order valence-electron chi connectivity index (χ3n) is 3.08. The van der Waals surface area contributed by atoms with E-state index in [1.807, 2.05) is 13.8 Å². The molecule has 1 aromatic carbocycles. The van der Waals surface area contributed by atoms with Crippen LogP contribution in [0.5, 0.6) is 0 Å². The summed E-state index contributed by atoms with van der Waals surface area (Å²) in [7, 11) is -3.20. The Morgan fingerprint density at radius 3 is 2.21 bits per heavy atom. The van der Waals surface area contributed by atoms with Crippen molar-refractivity contribution in [1.29, 1.82) is 0 Å². The number of aliphatic carboxylic acids is 1. The zero-order chi connectivity index (χ0) is 14.6. The van der Waals surface area contributed by atoms with Crippen LogP contribution in [-0.4, -0.2) is 43.7 Å². The Kier molecular flexibility index (Phi) is 5.08. The molecule has 1 atom stereocenters. The first kappa shape index (κ1) is 15.7. The Bertz CT molecular complexity index is 536. The third kappa shape index (κ3) is 4.33. The Hall–Kier alpha value is -1.40. The zero-order valence-electron chi connectivity index (χ0n) is 11.3. The number of rotatable bonds is 6. The summed E-state index contributed by atoms with van der Waals surface area (Å²) in [6, 6.07) is 6.48. The molecular weight excluding hydrogens is 266 g/mol. The summed E-state index contributed by atoms with van der Waals surface area (Å²) in [4.78, 5) is 12.8. The number of carboxylic acids is 1. The van der Waals surface area contributed by atoms with Crippen LogP contribution in [0.3, 0.4) is 0 Å². The molecule has 19 heavy (non-hydrogen) atoms. The second-order valence-corrected chi connectivity index (χ2v) is 6.49. The van der Waals surface area contributed by atoms with Gasteiger partial charge in [-0.3, -0.25) is 9.69 Å². The maximum Gasteiger partial charge on any atom is 0.317 e. The van der Waals surface area contributed by atoms with Crippen LogP contribution >= 0.6 is 0 Å². The van der Waals surface area contributed by atoms with Gasteiger partial charge in [0.2, 0.25) is 0 Å². The standard InChI is InChI=1S/C13H19NO4S/c1-4-14(9-13(15)16)10(2)11-5-7-12(8-6-11)19(3,17)18/h5-8,10H,4,9H2,1-3H3,(H,15,16). The number of likely N-dealkylation sites (N-methyl/N-ethyl adjacent to an activating group) is 1. The van der Waals surface area contributed by atoms with Crippen molar-refractivity contribution in [2.24, 2.45) is 0 Å². The smallest absolute Gasteiger partial charge is 0.317 e. The molecule has 0 saturated carbocycles. The number of carbonyl (C=O) groups is 1. The first-order chi connectivity index (χ1) is 8.75. The number of sulfone groups is 1. The van der Waals surface area contributed by atoms with Gasteiger partial charge in [-0.2, -0.15) is 0 Å².